The van der Waals surface area contributed by atoms with Crippen molar-refractivity contribution in [2.45, 2.75) is 65.7 Å². The molecule has 0 bridgehead atoms. The van der Waals surface area contributed by atoms with Crippen LogP contribution in [0.2, 0.25) is 0 Å². The number of allylic oxidation sites excluding steroid dienone is 3. The predicted molar refractivity (Wildman–Crippen MR) is 99.5 cm³/mol. The third kappa shape index (κ3) is 2.09. The third-order valence-corrected chi connectivity index (χ3v) is 9.08. The molecule has 0 heterocycles. The zero-order valence-corrected chi connectivity index (χ0v) is 15.8. The van der Waals surface area contributed by atoms with Crippen LogP contribution in [0.15, 0.2) is 24.8 Å². The summed E-state index contributed by atoms with van der Waals surface area (Å²) in [6.07, 6.45) is 15.2. The molecule has 0 aromatic heterocycles. The van der Waals surface area contributed by atoms with Crippen LogP contribution in [0.1, 0.15) is 65.7 Å². The van der Waals surface area contributed by atoms with Gasteiger partial charge in [0.1, 0.15) is 5.78 Å². The van der Waals surface area contributed by atoms with E-state index in [-0.39, 0.29) is 5.41 Å². The van der Waals surface area contributed by atoms with E-state index < -0.39 is 0 Å². The van der Waals surface area contributed by atoms with Gasteiger partial charge in [-0.3, -0.25) is 4.79 Å². The van der Waals surface area contributed by atoms with Crippen LogP contribution in [0, 0.1) is 46.3 Å². The molecular weight excluding hydrogens is 292 g/mol. The second-order valence-electron chi connectivity index (χ2n) is 9.84. The minimum atomic E-state index is 0.234. The van der Waals surface area contributed by atoms with E-state index in [9.17, 15) is 4.79 Å². The van der Waals surface area contributed by atoms with Gasteiger partial charge >= 0.3 is 0 Å². The maximum Gasteiger partial charge on any atom is 0.137 e. The number of Topliss-reactive ketones (excluding diaryl/α,β-unsaturated/α-hetero) is 1. The van der Waals surface area contributed by atoms with Gasteiger partial charge in [-0.15, -0.1) is 6.58 Å². The summed E-state index contributed by atoms with van der Waals surface area (Å²) in [7, 11) is 0. The average Bonchev–Trinajstić information content (AvgIpc) is 2.91. The lowest BCUT2D eigenvalue weighted by atomic mass is 9.45. The molecule has 0 spiro atoms. The van der Waals surface area contributed by atoms with E-state index in [0.29, 0.717) is 29.0 Å². The van der Waals surface area contributed by atoms with Crippen LogP contribution in [0.5, 0.6) is 0 Å². The second kappa shape index (κ2) is 5.58. The van der Waals surface area contributed by atoms with Crippen molar-refractivity contribution in [2.75, 3.05) is 0 Å². The van der Waals surface area contributed by atoms with Crippen LogP contribution in [-0.2, 0) is 4.79 Å². The molecule has 4 rings (SSSR count). The Kier molecular flexibility index (Phi) is 3.86. The van der Waals surface area contributed by atoms with Gasteiger partial charge in [0.25, 0.3) is 0 Å². The van der Waals surface area contributed by atoms with Gasteiger partial charge in [0.05, 0.1) is 0 Å². The molecule has 0 amide bonds. The summed E-state index contributed by atoms with van der Waals surface area (Å²) in [5, 5.41) is 0. The Hall–Kier alpha value is -0.850. The van der Waals surface area contributed by atoms with Crippen molar-refractivity contribution < 1.29 is 4.79 Å². The van der Waals surface area contributed by atoms with Gasteiger partial charge in [0.15, 0.2) is 0 Å². The van der Waals surface area contributed by atoms with Crippen molar-refractivity contribution in [3.8, 4) is 0 Å². The number of carbonyl (C=O) groups excluding carboxylic acids is 1. The molecule has 0 aromatic rings. The maximum absolute atomic E-state index is 13.0. The summed E-state index contributed by atoms with van der Waals surface area (Å²) in [5.74, 6) is 4.43. The lowest BCUT2D eigenvalue weighted by Gasteiger charge is -2.59. The molecule has 8 atom stereocenters. The Morgan fingerprint density at radius 2 is 1.92 bits per heavy atom. The van der Waals surface area contributed by atoms with Gasteiger partial charge in [-0.2, -0.15) is 0 Å². The van der Waals surface area contributed by atoms with E-state index in [2.05, 4.69) is 45.6 Å². The van der Waals surface area contributed by atoms with Gasteiger partial charge in [-0.25, -0.2) is 0 Å². The number of ketones is 1. The number of carbonyl (C=O) groups is 1. The van der Waals surface area contributed by atoms with Crippen LogP contribution >= 0.6 is 0 Å². The molecule has 1 nitrogen and oxygen atoms in total. The number of fused-ring (bicyclic) bond motifs is 5. The van der Waals surface area contributed by atoms with Crippen molar-refractivity contribution >= 4 is 5.78 Å². The third-order valence-electron chi connectivity index (χ3n) is 9.08. The van der Waals surface area contributed by atoms with Crippen molar-refractivity contribution in [2.24, 2.45) is 46.3 Å². The van der Waals surface area contributed by atoms with Gasteiger partial charge < -0.3 is 0 Å². The average molecular weight is 327 g/mol. The molecule has 0 N–H and O–H groups in total. The lowest BCUT2D eigenvalue weighted by molar-refractivity contribution is -0.149. The normalized spacial score (nSPS) is 51.5. The van der Waals surface area contributed by atoms with E-state index in [1.165, 1.54) is 25.7 Å². The first-order valence-corrected chi connectivity index (χ1v) is 10.2. The summed E-state index contributed by atoms with van der Waals surface area (Å²) >= 11 is 0. The molecule has 0 aliphatic heterocycles. The molecular formula is C23H34O. The van der Waals surface area contributed by atoms with Gasteiger partial charge in [0, 0.05) is 12.3 Å². The molecule has 4 aliphatic carbocycles. The summed E-state index contributed by atoms with van der Waals surface area (Å²) in [4.78, 5) is 13.0. The summed E-state index contributed by atoms with van der Waals surface area (Å²) in [5.41, 5.74) is 0.668. The van der Waals surface area contributed by atoms with E-state index in [1.807, 2.05) is 0 Å². The highest BCUT2D eigenvalue weighted by molar-refractivity contribution is 5.83. The van der Waals surface area contributed by atoms with Gasteiger partial charge in [0.2, 0.25) is 0 Å². The molecule has 0 saturated heterocycles. The fourth-order valence-corrected chi connectivity index (χ4v) is 7.72. The van der Waals surface area contributed by atoms with Crippen LogP contribution in [-0.4, -0.2) is 5.78 Å². The highest BCUT2D eigenvalue weighted by Gasteiger charge is 2.61. The molecule has 0 aromatic carbocycles. The van der Waals surface area contributed by atoms with E-state index >= 15 is 0 Å². The van der Waals surface area contributed by atoms with Crippen molar-refractivity contribution in [1.82, 2.24) is 0 Å². The molecule has 3 saturated carbocycles. The second-order valence-corrected chi connectivity index (χ2v) is 9.84. The minimum Gasteiger partial charge on any atom is -0.299 e. The van der Waals surface area contributed by atoms with Gasteiger partial charge in [-0.05, 0) is 78.9 Å². The van der Waals surface area contributed by atoms with Crippen molar-refractivity contribution in [3.63, 3.8) is 0 Å². The summed E-state index contributed by atoms with van der Waals surface area (Å²) in [6, 6.07) is 0. The van der Waals surface area contributed by atoms with Crippen LogP contribution in [0.25, 0.3) is 0 Å². The predicted octanol–water partition coefficient (Wildman–Crippen LogP) is 5.81. The largest absolute Gasteiger partial charge is 0.299 e. The fourth-order valence-electron chi connectivity index (χ4n) is 7.72. The first-order chi connectivity index (χ1) is 11.4. The van der Waals surface area contributed by atoms with Gasteiger partial charge in [-0.1, -0.05) is 39.0 Å². The Bertz CT molecular complexity index is 575. The molecule has 24 heavy (non-hydrogen) atoms. The first-order valence-electron chi connectivity index (χ1n) is 10.2. The Morgan fingerprint density at radius 3 is 2.67 bits per heavy atom. The smallest absolute Gasteiger partial charge is 0.137 e. The zero-order valence-electron chi connectivity index (χ0n) is 15.8. The molecule has 3 fully saturated rings. The van der Waals surface area contributed by atoms with E-state index in [4.69, 9.17) is 0 Å². The highest BCUT2D eigenvalue weighted by atomic mass is 16.1. The topological polar surface area (TPSA) is 17.1 Å². The van der Waals surface area contributed by atoms with Crippen molar-refractivity contribution in [1.29, 1.82) is 0 Å². The first kappa shape index (κ1) is 16.6. The minimum absolute atomic E-state index is 0.234. The molecule has 4 aliphatic rings. The van der Waals surface area contributed by atoms with E-state index in [0.717, 1.165) is 37.0 Å². The van der Waals surface area contributed by atoms with E-state index in [1.54, 1.807) is 0 Å². The zero-order chi connectivity index (χ0) is 17.1. The quantitative estimate of drug-likeness (QED) is 0.585. The SMILES string of the molecule is C=C[C@@H](C)[C@H]1CC[C@H]2[C@@H]3CC(=O)[C@H]4CC=CC[C@]4(C)[C@H]3CC[C@]12C. The van der Waals surface area contributed by atoms with Crippen LogP contribution < -0.4 is 0 Å². The number of rotatable bonds is 2. The lowest BCUT2D eigenvalue weighted by Crippen LogP contribution is -2.55. The number of hydrogen-bond donors (Lipinski definition) is 0. The number of hydrogen-bond acceptors (Lipinski definition) is 1. The molecule has 1 heteroatoms. The monoisotopic (exact) mass is 326 g/mol. The Labute approximate surface area is 148 Å². The molecule has 0 unspecified atom stereocenters. The Balaban J connectivity index is 1.67. The summed E-state index contributed by atoms with van der Waals surface area (Å²) in [6.45, 7) is 11.4. The highest BCUT2D eigenvalue weighted by Crippen LogP contribution is 2.67. The standard InChI is InChI=1S/C23H34O/c1-5-15(2)17-9-10-18-16-14-21(24)20-8-6-7-12-22(20,3)19(16)11-13-23(17,18)4/h5-7,15-20H,1,8-14H2,2-4H3/t15-,16+,17-,18+,19+,20-,22-,23-/m1/s1. The summed E-state index contributed by atoms with van der Waals surface area (Å²) < 4.78 is 0. The molecule has 0 radical (unpaired) electrons. The Morgan fingerprint density at radius 1 is 1.17 bits per heavy atom. The van der Waals surface area contributed by atoms with Crippen LogP contribution in [0.4, 0.5) is 0 Å². The fraction of sp³-hybridized carbons (Fsp3) is 0.783. The molecule has 132 valence electrons. The maximum atomic E-state index is 13.0. The van der Waals surface area contributed by atoms with Crippen molar-refractivity contribution in [3.05, 3.63) is 24.8 Å². The van der Waals surface area contributed by atoms with Crippen LogP contribution in [0.3, 0.4) is 0 Å².